The summed E-state index contributed by atoms with van der Waals surface area (Å²) in [5, 5.41) is 3.02. The second-order valence-electron chi connectivity index (χ2n) is 3.95. The Morgan fingerprint density at radius 1 is 1.53 bits per heavy atom. The van der Waals surface area contributed by atoms with Crippen molar-refractivity contribution in [3.63, 3.8) is 0 Å². The molecular weight excluding hydrogens is 194 g/mol. The van der Waals surface area contributed by atoms with Crippen LogP contribution < -0.4 is 5.32 Å². The summed E-state index contributed by atoms with van der Waals surface area (Å²) in [6, 6.07) is 0. The Morgan fingerprint density at radius 3 is 2.87 bits per heavy atom. The van der Waals surface area contributed by atoms with Crippen molar-refractivity contribution < 1.29 is 9.59 Å². The summed E-state index contributed by atoms with van der Waals surface area (Å²) < 4.78 is 0. The highest BCUT2D eigenvalue weighted by molar-refractivity contribution is 5.79. The lowest BCUT2D eigenvalue weighted by molar-refractivity contribution is -0.133. The third kappa shape index (κ3) is 3.87. The van der Waals surface area contributed by atoms with E-state index in [4.69, 9.17) is 0 Å². The van der Waals surface area contributed by atoms with Crippen LogP contribution in [0.15, 0.2) is 0 Å². The van der Waals surface area contributed by atoms with Crippen molar-refractivity contribution in [1.29, 1.82) is 0 Å². The van der Waals surface area contributed by atoms with Crippen LogP contribution in [0.2, 0.25) is 0 Å². The van der Waals surface area contributed by atoms with Crippen molar-refractivity contribution in [2.75, 3.05) is 40.3 Å². The Balaban J connectivity index is 2.19. The van der Waals surface area contributed by atoms with E-state index in [0.29, 0.717) is 19.5 Å². The number of piperazine rings is 1. The molecular formula is C10H19N3O2. The predicted molar refractivity (Wildman–Crippen MR) is 57.4 cm³/mol. The molecule has 86 valence electrons. The molecule has 0 atom stereocenters. The number of hydrogen-bond acceptors (Lipinski definition) is 3. The second kappa shape index (κ2) is 5.70. The van der Waals surface area contributed by atoms with Gasteiger partial charge < -0.3 is 15.1 Å². The van der Waals surface area contributed by atoms with Gasteiger partial charge in [-0.3, -0.25) is 9.59 Å². The van der Waals surface area contributed by atoms with Crippen LogP contribution in [0, 0.1) is 0 Å². The van der Waals surface area contributed by atoms with Crippen LogP contribution in [0.1, 0.15) is 12.8 Å². The van der Waals surface area contributed by atoms with Crippen LogP contribution in [0.25, 0.3) is 0 Å². The van der Waals surface area contributed by atoms with E-state index in [1.165, 1.54) is 0 Å². The normalized spacial score (nSPS) is 16.7. The highest BCUT2D eigenvalue weighted by Crippen LogP contribution is 2.00. The number of nitrogens with one attached hydrogen (secondary N) is 1. The number of hydrogen-bond donors (Lipinski definition) is 1. The zero-order chi connectivity index (χ0) is 11.3. The largest absolute Gasteiger partial charge is 0.349 e. The minimum Gasteiger partial charge on any atom is -0.349 e. The fourth-order valence-electron chi connectivity index (χ4n) is 1.53. The molecule has 0 bridgehead atoms. The number of amides is 2. The van der Waals surface area contributed by atoms with Crippen molar-refractivity contribution in [3.8, 4) is 0 Å². The predicted octanol–water partition coefficient (Wildman–Crippen LogP) is -0.713. The number of carbonyl (C=O) groups is 2. The third-order valence-corrected chi connectivity index (χ3v) is 2.50. The van der Waals surface area contributed by atoms with Gasteiger partial charge in [-0.15, -0.1) is 0 Å². The maximum atomic E-state index is 11.4. The van der Waals surface area contributed by atoms with Crippen LogP contribution in [-0.4, -0.2) is 61.9 Å². The summed E-state index contributed by atoms with van der Waals surface area (Å²) in [4.78, 5) is 26.0. The van der Waals surface area contributed by atoms with Gasteiger partial charge in [0, 0.05) is 40.2 Å². The minimum atomic E-state index is 0.123. The maximum Gasteiger partial charge on any atom is 0.236 e. The topological polar surface area (TPSA) is 52.7 Å². The summed E-state index contributed by atoms with van der Waals surface area (Å²) in [6.07, 6.45) is 1.27. The molecule has 5 nitrogen and oxygen atoms in total. The summed E-state index contributed by atoms with van der Waals surface area (Å²) in [5.41, 5.74) is 0. The van der Waals surface area contributed by atoms with E-state index in [2.05, 4.69) is 5.32 Å². The highest BCUT2D eigenvalue weighted by atomic mass is 16.2. The Hall–Kier alpha value is -1.10. The van der Waals surface area contributed by atoms with Crippen LogP contribution in [0.4, 0.5) is 0 Å². The van der Waals surface area contributed by atoms with E-state index in [-0.39, 0.29) is 11.8 Å². The van der Waals surface area contributed by atoms with Crippen LogP contribution in [-0.2, 0) is 9.59 Å². The molecule has 0 unspecified atom stereocenters. The summed E-state index contributed by atoms with van der Waals surface area (Å²) in [7, 11) is 3.50. The molecule has 0 aromatic carbocycles. The van der Waals surface area contributed by atoms with Crippen LogP contribution >= 0.6 is 0 Å². The molecule has 1 heterocycles. The molecule has 1 rings (SSSR count). The molecule has 1 fully saturated rings. The molecule has 0 radical (unpaired) electrons. The molecule has 0 saturated carbocycles. The summed E-state index contributed by atoms with van der Waals surface area (Å²) in [5.74, 6) is 0.260. The number of nitrogens with zero attached hydrogens (tertiary/aromatic N) is 2. The molecule has 0 spiro atoms. The molecule has 1 aliphatic rings. The molecule has 15 heavy (non-hydrogen) atoms. The van der Waals surface area contributed by atoms with E-state index < -0.39 is 0 Å². The molecule has 0 aliphatic carbocycles. The smallest absolute Gasteiger partial charge is 0.236 e. The lowest BCUT2D eigenvalue weighted by atomic mass is 10.2. The molecule has 5 heteroatoms. The molecule has 1 aliphatic heterocycles. The minimum absolute atomic E-state index is 0.123. The fraction of sp³-hybridized carbons (Fsp3) is 0.800. The van der Waals surface area contributed by atoms with E-state index in [9.17, 15) is 9.59 Å². The van der Waals surface area contributed by atoms with Gasteiger partial charge in [0.05, 0.1) is 6.54 Å². The molecule has 1 N–H and O–H groups in total. The van der Waals surface area contributed by atoms with E-state index >= 15 is 0 Å². The van der Waals surface area contributed by atoms with Gasteiger partial charge >= 0.3 is 0 Å². The third-order valence-electron chi connectivity index (χ3n) is 2.50. The van der Waals surface area contributed by atoms with Crippen molar-refractivity contribution in [2.45, 2.75) is 12.8 Å². The van der Waals surface area contributed by atoms with Crippen molar-refractivity contribution in [3.05, 3.63) is 0 Å². The van der Waals surface area contributed by atoms with Crippen molar-refractivity contribution in [2.24, 2.45) is 0 Å². The molecule has 0 aromatic heterocycles. The van der Waals surface area contributed by atoms with Gasteiger partial charge in [-0.25, -0.2) is 0 Å². The first-order valence-electron chi connectivity index (χ1n) is 5.30. The number of rotatable bonds is 4. The Morgan fingerprint density at radius 2 is 2.27 bits per heavy atom. The van der Waals surface area contributed by atoms with Gasteiger partial charge in [-0.2, -0.15) is 0 Å². The molecule has 1 saturated heterocycles. The Kier molecular flexibility index (Phi) is 4.55. The van der Waals surface area contributed by atoms with Crippen molar-refractivity contribution >= 4 is 11.8 Å². The van der Waals surface area contributed by atoms with Gasteiger partial charge in [0.15, 0.2) is 0 Å². The Bertz CT molecular complexity index is 241. The van der Waals surface area contributed by atoms with Crippen LogP contribution in [0.3, 0.4) is 0 Å². The summed E-state index contributed by atoms with van der Waals surface area (Å²) in [6.45, 7) is 2.74. The lowest BCUT2D eigenvalue weighted by Gasteiger charge is -2.27. The molecule has 2 amide bonds. The van der Waals surface area contributed by atoms with Gasteiger partial charge in [0.2, 0.25) is 11.8 Å². The van der Waals surface area contributed by atoms with Gasteiger partial charge in [-0.05, 0) is 6.42 Å². The van der Waals surface area contributed by atoms with Gasteiger partial charge in [-0.1, -0.05) is 0 Å². The first kappa shape index (κ1) is 12.0. The average molecular weight is 213 g/mol. The monoisotopic (exact) mass is 213 g/mol. The highest BCUT2D eigenvalue weighted by Gasteiger charge is 2.17. The quantitative estimate of drug-likeness (QED) is 0.671. The standard InChI is InChI=1S/C10H19N3O2/c1-12(2)9(14)4-3-6-13-7-5-11-8-10(13)15/h11H,3-8H2,1-2H3. The van der Waals surface area contributed by atoms with Crippen molar-refractivity contribution in [1.82, 2.24) is 15.1 Å². The summed E-state index contributed by atoms with van der Waals surface area (Å²) >= 11 is 0. The first-order valence-corrected chi connectivity index (χ1v) is 5.30. The number of carbonyl (C=O) groups excluding carboxylic acids is 2. The zero-order valence-corrected chi connectivity index (χ0v) is 9.45. The molecule has 0 aromatic rings. The maximum absolute atomic E-state index is 11.4. The SMILES string of the molecule is CN(C)C(=O)CCCN1CCNCC1=O. The fourth-order valence-corrected chi connectivity index (χ4v) is 1.53. The van der Waals surface area contributed by atoms with E-state index in [1.807, 2.05) is 4.90 Å². The zero-order valence-electron chi connectivity index (χ0n) is 9.45. The van der Waals surface area contributed by atoms with E-state index in [1.54, 1.807) is 19.0 Å². The Labute approximate surface area is 90.4 Å². The lowest BCUT2D eigenvalue weighted by Crippen LogP contribution is -2.48. The van der Waals surface area contributed by atoms with Gasteiger partial charge in [0.1, 0.15) is 0 Å². The second-order valence-corrected chi connectivity index (χ2v) is 3.95. The first-order chi connectivity index (χ1) is 7.11. The van der Waals surface area contributed by atoms with E-state index in [0.717, 1.165) is 19.5 Å². The average Bonchev–Trinajstić information content (AvgIpc) is 2.20. The van der Waals surface area contributed by atoms with Gasteiger partial charge in [0.25, 0.3) is 0 Å². The van der Waals surface area contributed by atoms with Crippen LogP contribution in [0.5, 0.6) is 0 Å².